The number of carbonyl (C=O) groups excluding carboxylic acids is 1. The minimum atomic E-state index is -0.638. The lowest BCUT2D eigenvalue weighted by Gasteiger charge is -2.17. The molecule has 0 bridgehead atoms. The Morgan fingerprint density at radius 3 is 2.70 bits per heavy atom. The Morgan fingerprint density at radius 2 is 2.13 bits per heavy atom. The van der Waals surface area contributed by atoms with Crippen LogP contribution in [0.4, 0.5) is 10.5 Å². The maximum Gasteiger partial charge on any atom is 0.435 e. The minimum absolute atomic E-state index is 0.00783. The molecular formula is C16H21N3O4. The Morgan fingerprint density at radius 1 is 1.43 bits per heavy atom. The molecule has 1 amide bonds. The van der Waals surface area contributed by atoms with Gasteiger partial charge < -0.3 is 9.64 Å². The van der Waals surface area contributed by atoms with Crippen LogP contribution in [0.5, 0.6) is 0 Å². The molecule has 1 aromatic rings. The van der Waals surface area contributed by atoms with E-state index >= 15 is 0 Å². The summed E-state index contributed by atoms with van der Waals surface area (Å²) in [5, 5.41) is 10.6. The molecule has 1 aliphatic rings. The van der Waals surface area contributed by atoms with Crippen LogP contribution in [0.3, 0.4) is 0 Å². The molecular weight excluding hydrogens is 298 g/mol. The summed E-state index contributed by atoms with van der Waals surface area (Å²) >= 11 is 0. The molecule has 124 valence electrons. The number of benzene rings is 1. The second-order valence-electron chi connectivity index (χ2n) is 5.65. The molecule has 0 N–H and O–H groups in total. The zero-order chi connectivity index (χ0) is 16.8. The van der Waals surface area contributed by atoms with E-state index in [0.717, 1.165) is 25.9 Å². The smallest absolute Gasteiger partial charge is 0.435 e. The SMILES string of the molecule is CCC1CCN(C(C)=NC(=O)OCc2ccc([N+](=O)[O-])cc2)C1. The second-order valence-corrected chi connectivity index (χ2v) is 5.65. The van der Waals surface area contributed by atoms with Crippen molar-refractivity contribution in [2.45, 2.75) is 33.3 Å². The molecule has 1 fully saturated rings. The highest BCUT2D eigenvalue weighted by atomic mass is 16.6. The average Bonchev–Trinajstić information content (AvgIpc) is 3.02. The Kier molecular flexibility index (Phi) is 5.67. The molecule has 23 heavy (non-hydrogen) atoms. The van der Waals surface area contributed by atoms with Crippen molar-refractivity contribution in [2.24, 2.45) is 10.9 Å². The minimum Gasteiger partial charge on any atom is -0.443 e. The lowest BCUT2D eigenvalue weighted by Crippen LogP contribution is -2.27. The maximum atomic E-state index is 11.8. The van der Waals surface area contributed by atoms with Crippen LogP contribution < -0.4 is 0 Å². The van der Waals surface area contributed by atoms with Crippen molar-refractivity contribution in [3.8, 4) is 0 Å². The summed E-state index contributed by atoms with van der Waals surface area (Å²) in [4.78, 5) is 27.9. The van der Waals surface area contributed by atoms with Crippen molar-refractivity contribution >= 4 is 17.6 Å². The third-order valence-electron chi connectivity index (χ3n) is 4.08. The number of amidine groups is 1. The zero-order valence-electron chi connectivity index (χ0n) is 13.4. The second kappa shape index (κ2) is 7.71. The van der Waals surface area contributed by atoms with Gasteiger partial charge in [-0.1, -0.05) is 13.3 Å². The number of carbonyl (C=O) groups is 1. The third kappa shape index (κ3) is 4.77. The summed E-state index contributed by atoms with van der Waals surface area (Å²) in [7, 11) is 0. The summed E-state index contributed by atoms with van der Waals surface area (Å²) in [6.07, 6.45) is 1.62. The highest BCUT2D eigenvalue weighted by molar-refractivity contribution is 5.90. The van der Waals surface area contributed by atoms with E-state index in [0.29, 0.717) is 17.3 Å². The number of nitro benzene ring substituents is 1. The van der Waals surface area contributed by atoms with Crippen LogP contribution in [-0.4, -0.2) is 34.8 Å². The summed E-state index contributed by atoms with van der Waals surface area (Å²) in [6.45, 7) is 5.88. The number of likely N-dealkylation sites (tertiary alicyclic amines) is 1. The van der Waals surface area contributed by atoms with E-state index in [-0.39, 0.29) is 12.3 Å². The monoisotopic (exact) mass is 319 g/mol. The standard InChI is InChI=1S/C16H21N3O4/c1-3-13-8-9-18(10-13)12(2)17-16(20)23-11-14-4-6-15(7-5-14)19(21)22/h4-7,13H,3,8-11H2,1-2H3. The predicted octanol–water partition coefficient (Wildman–Crippen LogP) is 3.38. The van der Waals surface area contributed by atoms with Gasteiger partial charge in [-0.05, 0) is 37.0 Å². The van der Waals surface area contributed by atoms with Gasteiger partial charge in [0.25, 0.3) is 5.69 Å². The summed E-state index contributed by atoms with van der Waals surface area (Å²) in [6, 6.07) is 5.89. The molecule has 0 aliphatic carbocycles. The molecule has 7 heteroatoms. The van der Waals surface area contributed by atoms with Gasteiger partial charge in [-0.25, -0.2) is 4.79 Å². The first kappa shape index (κ1) is 16.9. The number of hydrogen-bond donors (Lipinski definition) is 0. The molecule has 7 nitrogen and oxygen atoms in total. The van der Waals surface area contributed by atoms with Crippen LogP contribution >= 0.6 is 0 Å². The normalized spacial score (nSPS) is 18.1. The summed E-state index contributed by atoms with van der Waals surface area (Å²) in [5.41, 5.74) is 0.692. The van der Waals surface area contributed by atoms with Crippen LogP contribution in [0.15, 0.2) is 29.3 Å². The van der Waals surface area contributed by atoms with E-state index in [1.54, 1.807) is 12.1 Å². The number of hydrogen-bond acceptors (Lipinski definition) is 4. The predicted molar refractivity (Wildman–Crippen MR) is 86.4 cm³/mol. The maximum absolute atomic E-state index is 11.8. The molecule has 0 aromatic heterocycles. The molecule has 1 aromatic carbocycles. The number of nitro groups is 1. The van der Waals surface area contributed by atoms with Crippen LogP contribution in [0.2, 0.25) is 0 Å². The highest BCUT2D eigenvalue weighted by Crippen LogP contribution is 2.19. The van der Waals surface area contributed by atoms with E-state index in [1.165, 1.54) is 12.1 Å². The Bertz CT molecular complexity index is 598. The first-order valence-corrected chi connectivity index (χ1v) is 7.70. The quantitative estimate of drug-likeness (QED) is 0.367. The number of rotatable bonds is 4. The number of non-ortho nitro benzene ring substituents is 1. The first-order chi connectivity index (χ1) is 11.0. The van der Waals surface area contributed by atoms with E-state index < -0.39 is 11.0 Å². The Labute approximate surface area is 135 Å². The fourth-order valence-corrected chi connectivity index (χ4v) is 2.55. The zero-order valence-corrected chi connectivity index (χ0v) is 13.4. The van der Waals surface area contributed by atoms with E-state index in [1.807, 2.05) is 6.92 Å². The Hall–Kier alpha value is -2.44. The van der Waals surface area contributed by atoms with Gasteiger partial charge >= 0.3 is 6.09 Å². The van der Waals surface area contributed by atoms with Crippen molar-refractivity contribution < 1.29 is 14.5 Å². The van der Waals surface area contributed by atoms with Crippen molar-refractivity contribution in [3.05, 3.63) is 39.9 Å². The van der Waals surface area contributed by atoms with Gasteiger partial charge in [-0.3, -0.25) is 10.1 Å². The lowest BCUT2D eigenvalue weighted by atomic mass is 10.1. The van der Waals surface area contributed by atoms with Crippen molar-refractivity contribution in [1.82, 2.24) is 4.90 Å². The van der Waals surface area contributed by atoms with Crippen LogP contribution in [0.25, 0.3) is 0 Å². The molecule has 0 radical (unpaired) electrons. The summed E-state index contributed by atoms with van der Waals surface area (Å²) < 4.78 is 5.09. The average molecular weight is 319 g/mol. The Balaban J connectivity index is 1.84. The molecule has 2 rings (SSSR count). The topological polar surface area (TPSA) is 85.0 Å². The van der Waals surface area contributed by atoms with Crippen molar-refractivity contribution in [2.75, 3.05) is 13.1 Å². The van der Waals surface area contributed by atoms with Crippen LogP contribution in [-0.2, 0) is 11.3 Å². The van der Waals surface area contributed by atoms with Crippen LogP contribution in [0, 0.1) is 16.0 Å². The van der Waals surface area contributed by atoms with Crippen molar-refractivity contribution in [3.63, 3.8) is 0 Å². The van der Waals surface area contributed by atoms with E-state index in [4.69, 9.17) is 4.74 Å². The molecule has 1 atom stereocenters. The van der Waals surface area contributed by atoms with Crippen molar-refractivity contribution in [1.29, 1.82) is 0 Å². The molecule has 1 aliphatic heterocycles. The number of amides is 1. The van der Waals surface area contributed by atoms with Gasteiger partial charge in [-0.2, -0.15) is 4.99 Å². The number of aliphatic imine (C=N–C) groups is 1. The molecule has 0 spiro atoms. The molecule has 1 heterocycles. The van der Waals surface area contributed by atoms with Gasteiger partial charge in [-0.15, -0.1) is 0 Å². The molecule has 0 saturated carbocycles. The lowest BCUT2D eigenvalue weighted by molar-refractivity contribution is -0.384. The molecule has 1 saturated heterocycles. The van der Waals surface area contributed by atoms with Gasteiger partial charge in [0.15, 0.2) is 0 Å². The first-order valence-electron chi connectivity index (χ1n) is 7.70. The highest BCUT2D eigenvalue weighted by Gasteiger charge is 2.22. The fourth-order valence-electron chi connectivity index (χ4n) is 2.55. The van der Waals surface area contributed by atoms with Gasteiger partial charge in [0.1, 0.15) is 12.4 Å². The van der Waals surface area contributed by atoms with Gasteiger partial charge in [0, 0.05) is 25.2 Å². The van der Waals surface area contributed by atoms with Gasteiger partial charge in [0.05, 0.1) is 4.92 Å². The largest absolute Gasteiger partial charge is 0.443 e. The fraction of sp³-hybridized carbons (Fsp3) is 0.500. The number of ether oxygens (including phenoxy) is 1. The number of nitrogens with zero attached hydrogens (tertiary/aromatic N) is 3. The third-order valence-corrected chi connectivity index (χ3v) is 4.08. The molecule has 1 unspecified atom stereocenters. The van der Waals surface area contributed by atoms with Crippen LogP contribution in [0.1, 0.15) is 32.3 Å². The summed E-state index contributed by atoms with van der Waals surface area (Å²) in [5.74, 6) is 1.34. The van der Waals surface area contributed by atoms with E-state index in [2.05, 4.69) is 16.8 Å². The van der Waals surface area contributed by atoms with E-state index in [9.17, 15) is 14.9 Å². The van der Waals surface area contributed by atoms with Gasteiger partial charge in [0.2, 0.25) is 0 Å².